The van der Waals surface area contributed by atoms with Crippen molar-refractivity contribution < 1.29 is 27.1 Å². The Kier molecular flexibility index (Phi) is 10.7. The molecule has 282 valence electrons. The van der Waals surface area contributed by atoms with E-state index in [2.05, 4.69) is 32.1 Å². The standard InChI is InChI=1S/C39H53FN6O5S/c1-41-39(17-4-8-35(39)43-37(48)51-2)38(30-6-3-7-31(40)22-30,27-42-36(47)26-44-18-5-19-44)29-15-20-45(21-16-29)23-28-24-46(25-28)32-9-11-33(12-10-32)52(49,50)34-13-14-34/h3,6-7,9-12,22,28-29,34-35H,1,4-5,8,13-21,23-27H2,2H3,(H,42,47)(H,43,48)/t35-,38-,39+/m0/s1. The van der Waals surface area contributed by atoms with Gasteiger partial charge in [0.2, 0.25) is 5.91 Å². The molecule has 0 bridgehead atoms. The summed E-state index contributed by atoms with van der Waals surface area (Å²) in [4.78, 5) is 38.4. The summed E-state index contributed by atoms with van der Waals surface area (Å²) in [6.07, 6.45) is 5.79. The molecule has 3 saturated heterocycles. The van der Waals surface area contributed by atoms with Crippen molar-refractivity contribution in [1.29, 1.82) is 0 Å². The van der Waals surface area contributed by atoms with Gasteiger partial charge in [0.15, 0.2) is 9.84 Å². The van der Waals surface area contributed by atoms with E-state index in [0.717, 1.165) is 95.6 Å². The first-order valence-electron chi connectivity index (χ1n) is 19.0. The second-order valence-electron chi connectivity index (χ2n) is 15.6. The summed E-state index contributed by atoms with van der Waals surface area (Å²) < 4.78 is 45.5. The minimum atomic E-state index is -3.19. The van der Waals surface area contributed by atoms with Gasteiger partial charge in [-0.15, -0.1) is 0 Å². The number of piperidine rings is 1. The van der Waals surface area contributed by atoms with Crippen LogP contribution in [-0.4, -0.2) is 120 Å². The van der Waals surface area contributed by atoms with E-state index in [-0.39, 0.29) is 29.4 Å². The lowest BCUT2D eigenvalue weighted by molar-refractivity contribution is -0.123. The number of nitrogens with zero attached hydrogens (tertiary/aromatic N) is 4. The Bertz CT molecular complexity index is 1720. The van der Waals surface area contributed by atoms with Crippen molar-refractivity contribution >= 4 is 34.2 Å². The van der Waals surface area contributed by atoms with Gasteiger partial charge in [0.1, 0.15) is 5.82 Å². The quantitative estimate of drug-likeness (QED) is 0.279. The molecule has 2 N–H and O–H groups in total. The van der Waals surface area contributed by atoms with Crippen molar-refractivity contribution in [2.24, 2.45) is 16.8 Å². The van der Waals surface area contributed by atoms with Crippen LogP contribution in [0.5, 0.6) is 0 Å². The molecule has 7 rings (SSSR count). The molecule has 52 heavy (non-hydrogen) atoms. The Morgan fingerprint density at radius 1 is 1.00 bits per heavy atom. The van der Waals surface area contributed by atoms with Crippen LogP contribution < -0.4 is 15.5 Å². The van der Waals surface area contributed by atoms with Gasteiger partial charge in [-0.3, -0.25) is 14.7 Å². The van der Waals surface area contributed by atoms with Crippen LogP contribution in [-0.2, 0) is 24.8 Å². The number of hydrogen-bond acceptors (Lipinski definition) is 9. The first-order chi connectivity index (χ1) is 25.1. The summed E-state index contributed by atoms with van der Waals surface area (Å²) in [6, 6.07) is 13.7. The third-order valence-electron chi connectivity index (χ3n) is 12.6. The lowest BCUT2D eigenvalue weighted by Gasteiger charge is -2.56. The number of ether oxygens (including phenoxy) is 1. The van der Waals surface area contributed by atoms with Gasteiger partial charge in [0.25, 0.3) is 0 Å². The summed E-state index contributed by atoms with van der Waals surface area (Å²) in [7, 11) is -1.85. The van der Waals surface area contributed by atoms with Gasteiger partial charge < -0.3 is 25.2 Å². The molecule has 3 atom stereocenters. The Morgan fingerprint density at radius 3 is 2.35 bits per heavy atom. The van der Waals surface area contributed by atoms with E-state index in [0.29, 0.717) is 30.2 Å². The number of rotatable bonds is 14. The number of sulfone groups is 1. The molecular formula is C39H53FN6O5S. The molecule has 11 nitrogen and oxygen atoms in total. The van der Waals surface area contributed by atoms with Crippen LogP contribution in [0.25, 0.3) is 0 Å². The van der Waals surface area contributed by atoms with E-state index in [4.69, 9.17) is 9.73 Å². The number of carbonyl (C=O) groups is 2. The average Bonchev–Trinajstić information content (AvgIpc) is 3.91. The van der Waals surface area contributed by atoms with Gasteiger partial charge in [0.05, 0.1) is 35.4 Å². The maximum atomic E-state index is 15.2. The largest absolute Gasteiger partial charge is 0.453 e. The van der Waals surface area contributed by atoms with Gasteiger partial charge in [-0.05, 0) is 132 Å². The molecular weight excluding hydrogens is 684 g/mol. The number of amides is 2. The molecule has 0 radical (unpaired) electrons. The number of alkyl carbamates (subject to hydrolysis) is 1. The van der Waals surface area contributed by atoms with Gasteiger partial charge in [-0.1, -0.05) is 12.1 Å². The first kappa shape index (κ1) is 36.8. The fraction of sp³-hybridized carbons (Fsp3) is 0.615. The number of carbonyl (C=O) groups excluding carboxylic acids is 2. The Labute approximate surface area is 307 Å². The molecule has 0 unspecified atom stereocenters. The van der Waals surface area contributed by atoms with Crippen molar-refractivity contribution in [2.45, 2.75) is 78.5 Å². The van der Waals surface area contributed by atoms with Crippen LogP contribution in [0.2, 0.25) is 0 Å². The summed E-state index contributed by atoms with van der Waals surface area (Å²) in [5.74, 6) is 0.0875. The minimum absolute atomic E-state index is 0.0173. The van der Waals surface area contributed by atoms with Crippen LogP contribution in [0.3, 0.4) is 0 Å². The molecule has 3 aliphatic heterocycles. The number of hydrogen-bond donors (Lipinski definition) is 2. The van der Waals surface area contributed by atoms with Gasteiger partial charge in [0, 0.05) is 43.2 Å². The fourth-order valence-corrected chi connectivity index (χ4v) is 11.2. The summed E-state index contributed by atoms with van der Waals surface area (Å²) >= 11 is 0. The minimum Gasteiger partial charge on any atom is -0.453 e. The third kappa shape index (κ3) is 7.08. The number of anilines is 1. The van der Waals surface area contributed by atoms with E-state index in [1.807, 2.05) is 18.2 Å². The normalized spacial score (nSPS) is 25.8. The highest BCUT2D eigenvalue weighted by Gasteiger charge is 2.62. The number of likely N-dealkylation sites (tertiary alicyclic amines) is 2. The van der Waals surface area contributed by atoms with Gasteiger partial charge in [-0.25, -0.2) is 17.6 Å². The highest BCUT2D eigenvalue weighted by molar-refractivity contribution is 7.92. The molecule has 0 spiro atoms. The molecule has 2 saturated carbocycles. The predicted molar refractivity (Wildman–Crippen MR) is 199 cm³/mol. The van der Waals surface area contributed by atoms with E-state index < -0.39 is 32.9 Å². The van der Waals surface area contributed by atoms with Crippen LogP contribution in [0.4, 0.5) is 14.9 Å². The second-order valence-corrected chi connectivity index (χ2v) is 17.9. The zero-order chi connectivity index (χ0) is 36.5. The van der Waals surface area contributed by atoms with Crippen LogP contribution in [0, 0.1) is 17.7 Å². The zero-order valence-corrected chi connectivity index (χ0v) is 31.1. The van der Waals surface area contributed by atoms with Crippen molar-refractivity contribution in [1.82, 2.24) is 20.4 Å². The lowest BCUT2D eigenvalue weighted by Crippen LogP contribution is -2.67. The van der Waals surface area contributed by atoms with Crippen molar-refractivity contribution in [2.75, 3.05) is 70.9 Å². The summed E-state index contributed by atoms with van der Waals surface area (Å²) in [5, 5.41) is 6.14. The first-order valence-corrected chi connectivity index (χ1v) is 20.5. The van der Waals surface area contributed by atoms with E-state index in [1.165, 1.54) is 13.2 Å². The van der Waals surface area contributed by atoms with Crippen molar-refractivity contribution in [3.63, 3.8) is 0 Å². The van der Waals surface area contributed by atoms with Gasteiger partial charge in [-0.2, -0.15) is 0 Å². The van der Waals surface area contributed by atoms with Crippen LogP contribution in [0.15, 0.2) is 58.4 Å². The highest BCUT2D eigenvalue weighted by Crippen LogP contribution is 2.55. The number of aliphatic imine (C=N–C) groups is 1. The fourth-order valence-electron chi connectivity index (χ4n) is 9.57. The van der Waals surface area contributed by atoms with Crippen molar-refractivity contribution in [3.8, 4) is 0 Å². The summed E-state index contributed by atoms with van der Waals surface area (Å²) in [5.41, 5.74) is 0.0668. The predicted octanol–water partition coefficient (Wildman–Crippen LogP) is 4.02. The second kappa shape index (κ2) is 15.1. The smallest absolute Gasteiger partial charge is 0.407 e. The topological polar surface area (TPSA) is 124 Å². The number of halogens is 1. The molecule has 3 heterocycles. The number of methoxy groups -OCH3 is 1. The van der Waals surface area contributed by atoms with Crippen molar-refractivity contribution in [3.05, 3.63) is 59.9 Å². The third-order valence-corrected chi connectivity index (χ3v) is 14.9. The maximum absolute atomic E-state index is 15.2. The van der Waals surface area contributed by atoms with Crippen LogP contribution in [0.1, 0.15) is 56.9 Å². The summed E-state index contributed by atoms with van der Waals surface area (Å²) in [6.45, 7) is 11.0. The monoisotopic (exact) mass is 736 g/mol. The molecule has 2 aromatic carbocycles. The average molecular weight is 737 g/mol. The molecule has 5 fully saturated rings. The Morgan fingerprint density at radius 2 is 1.73 bits per heavy atom. The Hall–Kier alpha value is -3.55. The van der Waals surface area contributed by atoms with Crippen LogP contribution >= 0.6 is 0 Å². The molecule has 13 heteroatoms. The number of benzene rings is 2. The number of nitrogens with one attached hydrogen (secondary N) is 2. The van der Waals surface area contributed by atoms with E-state index >= 15 is 4.39 Å². The lowest BCUT2D eigenvalue weighted by atomic mass is 9.54. The highest BCUT2D eigenvalue weighted by atomic mass is 32.2. The van der Waals surface area contributed by atoms with E-state index in [1.54, 1.807) is 24.3 Å². The maximum Gasteiger partial charge on any atom is 0.407 e. The van der Waals surface area contributed by atoms with Gasteiger partial charge >= 0.3 is 6.09 Å². The SMILES string of the molecule is C=N[C@]1([C@](CNC(=O)CN2CCC2)(c2cccc(F)c2)C2CCN(CC3CN(c4ccc(S(=O)(=O)C5CC5)cc4)C3)CC2)CCC[C@@H]1NC(=O)OC. The molecule has 5 aliphatic rings. The molecule has 2 aliphatic carbocycles. The zero-order valence-electron chi connectivity index (χ0n) is 30.3. The molecule has 0 aromatic heterocycles. The Balaban J connectivity index is 1.08. The van der Waals surface area contributed by atoms with E-state index in [9.17, 15) is 18.0 Å². The molecule has 2 amide bonds. The molecule has 2 aromatic rings.